The predicted molar refractivity (Wildman–Crippen MR) is 109 cm³/mol. The summed E-state index contributed by atoms with van der Waals surface area (Å²) in [5.74, 6) is 0.353. The van der Waals surface area contributed by atoms with Crippen molar-refractivity contribution in [2.45, 2.75) is 45.6 Å². The number of nitrogens with zero attached hydrogens (tertiary/aromatic N) is 4. The Labute approximate surface area is 165 Å². The fourth-order valence-electron chi connectivity index (χ4n) is 4.12. The van der Waals surface area contributed by atoms with Crippen molar-refractivity contribution < 1.29 is 4.79 Å². The summed E-state index contributed by atoms with van der Waals surface area (Å²) in [6.07, 6.45) is 6.67. The van der Waals surface area contributed by atoms with Crippen LogP contribution in [0.4, 0.5) is 0 Å². The molecule has 4 rings (SSSR count). The quantitative estimate of drug-likeness (QED) is 0.730. The molecule has 2 aromatic heterocycles. The lowest BCUT2D eigenvalue weighted by Gasteiger charge is -2.32. The molecular formula is C22H27N5O. The summed E-state index contributed by atoms with van der Waals surface area (Å²) in [5.41, 5.74) is 5.10. The molecule has 1 aromatic carbocycles. The van der Waals surface area contributed by atoms with E-state index in [0.717, 1.165) is 60.4 Å². The molecule has 1 fully saturated rings. The van der Waals surface area contributed by atoms with Crippen LogP contribution in [0.2, 0.25) is 0 Å². The van der Waals surface area contributed by atoms with E-state index in [-0.39, 0.29) is 11.8 Å². The van der Waals surface area contributed by atoms with E-state index in [4.69, 9.17) is 0 Å². The van der Waals surface area contributed by atoms with Crippen LogP contribution in [0.5, 0.6) is 0 Å². The molecule has 28 heavy (non-hydrogen) atoms. The van der Waals surface area contributed by atoms with Gasteiger partial charge in [-0.15, -0.1) is 0 Å². The summed E-state index contributed by atoms with van der Waals surface area (Å²) in [6.45, 7) is 6.45. The largest absolute Gasteiger partial charge is 0.338 e. The lowest BCUT2D eigenvalue weighted by Crippen LogP contribution is -2.39. The molecular weight excluding hydrogens is 350 g/mol. The summed E-state index contributed by atoms with van der Waals surface area (Å²) >= 11 is 0. The van der Waals surface area contributed by atoms with Gasteiger partial charge >= 0.3 is 0 Å². The lowest BCUT2D eigenvalue weighted by atomic mass is 9.90. The van der Waals surface area contributed by atoms with E-state index in [1.807, 2.05) is 40.9 Å². The third kappa shape index (κ3) is 3.46. The van der Waals surface area contributed by atoms with Crippen molar-refractivity contribution in [1.29, 1.82) is 0 Å². The van der Waals surface area contributed by atoms with Gasteiger partial charge in [-0.25, -0.2) is 0 Å². The summed E-state index contributed by atoms with van der Waals surface area (Å²) in [5, 5.41) is 11.9. The Kier molecular flexibility index (Phi) is 5.28. The van der Waals surface area contributed by atoms with Gasteiger partial charge in [0.2, 0.25) is 0 Å². The Morgan fingerprint density at radius 3 is 2.86 bits per heavy atom. The Morgan fingerprint density at radius 2 is 2.07 bits per heavy atom. The molecule has 1 atom stereocenters. The van der Waals surface area contributed by atoms with Crippen LogP contribution in [0.1, 0.15) is 53.8 Å². The molecule has 6 heteroatoms. The first kappa shape index (κ1) is 18.5. The van der Waals surface area contributed by atoms with E-state index < -0.39 is 0 Å². The molecule has 146 valence electrons. The van der Waals surface area contributed by atoms with Crippen LogP contribution in [0.25, 0.3) is 11.1 Å². The molecule has 0 radical (unpaired) electrons. The number of rotatable bonds is 5. The third-order valence-electron chi connectivity index (χ3n) is 5.64. The second-order valence-corrected chi connectivity index (χ2v) is 7.52. The zero-order valence-electron chi connectivity index (χ0n) is 16.6. The van der Waals surface area contributed by atoms with E-state index in [0.29, 0.717) is 6.54 Å². The highest BCUT2D eigenvalue weighted by atomic mass is 16.2. The Balaban J connectivity index is 1.54. The fraction of sp³-hybridized carbons (Fsp3) is 0.409. The summed E-state index contributed by atoms with van der Waals surface area (Å²) in [4.78, 5) is 15.1. The Bertz CT molecular complexity index is 943. The molecule has 3 aromatic rings. The SMILES string of the molecule is CCCn1ncc(C(=O)N2CCCC(c3[nH]ncc3-c3ccccc3)C2)c1C. The van der Waals surface area contributed by atoms with Crippen molar-refractivity contribution >= 4 is 5.91 Å². The van der Waals surface area contributed by atoms with Crippen molar-refractivity contribution in [1.82, 2.24) is 24.9 Å². The topological polar surface area (TPSA) is 66.8 Å². The molecule has 0 aliphatic carbocycles. The van der Waals surface area contributed by atoms with Crippen LogP contribution >= 0.6 is 0 Å². The highest BCUT2D eigenvalue weighted by Crippen LogP contribution is 2.33. The summed E-state index contributed by atoms with van der Waals surface area (Å²) in [7, 11) is 0. The number of nitrogens with one attached hydrogen (secondary N) is 1. The number of aromatic nitrogens is 4. The lowest BCUT2D eigenvalue weighted by molar-refractivity contribution is 0.0705. The average Bonchev–Trinajstić information content (AvgIpc) is 3.36. The molecule has 0 bridgehead atoms. The molecule has 1 saturated heterocycles. The highest BCUT2D eigenvalue weighted by Gasteiger charge is 2.29. The molecule has 3 heterocycles. The second-order valence-electron chi connectivity index (χ2n) is 7.52. The fourth-order valence-corrected chi connectivity index (χ4v) is 4.12. The smallest absolute Gasteiger partial charge is 0.257 e. The third-order valence-corrected chi connectivity index (χ3v) is 5.64. The van der Waals surface area contributed by atoms with Gasteiger partial charge in [-0.05, 0) is 31.7 Å². The number of likely N-dealkylation sites (tertiary alicyclic amines) is 1. The maximum absolute atomic E-state index is 13.2. The van der Waals surface area contributed by atoms with Crippen molar-refractivity contribution in [3.63, 3.8) is 0 Å². The van der Waals surface area contributed by atoms with Gasteiger partial charge in [0.1, 0.15) is 0 Å². The Hall–Kier alpha value is -2.89. The van der Waals surface area contributed by atoms with E-state index in [1.165, 1.54) is 0 Å². The molecule has 1 amide bonds. The minimum Gasteiger partial charge on any atom is -0.338 e. The zero-order chi connectivity index (χ0) is 19.5. The Morgan fingerprint density at radius 1 is 1.25 bits per heavy atom. The zero-order valence-corrected chi connectivity index (χ0v) is 16.6. The molecule has 1 unspecified atom stereocenters. The number of benzene rings is 1. The molecule has 0 spiro atoms. The minimum atomic E-state index is 0.0883. The molecule has 1 aliphatic rings. The van der Waals surface area contributed by atoms with Crippen LogP contribution in [0.3, 0.4) is 0 Å². The standard InChI is InChI=1S/C22H27N5O/c1-3-11-27-16(2)19(14-24-27)22(28)26-12-7-10-18(15-26)21-20(13-23-25-21)17-8-5-4-6-9-17/h4-6,8-9,13-14,18H,3,7,10-12,15H2,1-2H3,(H,23,25). The number of aryl methyl sites for hydroxylation is 1. The number of carbonyl (C=O) groups excluding carboxylic acids is 1. The molecule has 1 aliphatic heterocycles. The van der Waals surface area contributed by atoms with Crippen LogP contribution in [-0.4, -0.2) is 43.9 Å². The number of H-pyrrole nitrogens is 1. The van der Waals surface area contributed by atoms with Crippen LogP contribution < -0.4 is 0 Å². The molecule has 1 N–H and O–H groups in total. The number of hydrogen-bond donors (Lipinski definition) is 1. The van der Waals surface area contributed by atoms with Gasteiger partial charge in [-0.1, -0.05) is 37.3 Å². The van der Waals surface area contributed by atoms with E-state index in [9.17, 15) is 4.79 Å². The highest BCUT2D eigenvalue weighted by molar-refractivity contribution is 5.95. The first-order valence-corrected chi connectivity index (χ1v) is 10.1. The first-order chi connectivity index (χ1) is 13.7. The van der Waals surface area contributed by atoms with Gasteiger partial charge < -0.3 is 4.90 Å². The number of aromatic amines is 1. The predicted octanol–water partition coefficient (Wildman–Crippen LogP) is 4.01. The summed E-state index contributed by atoms with van der Waals surface area (Å²) in [6, 6.07) is 10.3. The molecule has 6 nitrogen and oxygen atoms in total. The number of hydrogen-bond acceptors (Lipinski definition) is 3. The van der Waals surface area contributed by atoms with Crippen molar-refractivity contribution in [2.24, 2.45) is 0 Å². The normalized spacial score (nSPS) is 17.1. The minimum absolute atomic E-state index is 0.0883. The monoisotopic (exact) mass is 377 g/mol. The second kappa shape index (κ2) is 8.00. The van der Waals surface area contributed by atoms with Crippen LogP contribution in [0.15, 0.2) is 42.7 Å². The van der Waals surface area contributed by atoms with Crippen LogP contribution in [-0.2, 0) is 6.54 Å². The number of amides is 1. The van der Waals surface area contributed by atoms with E-state index in [1.54, 1.807) is 6.20 Å². The maximum Gasteiger partial charge on any atom is 0.257 e. The summed E-state index contributed by atoms with van der Waals surface area (Å²) < 4.78 is 1.93. The number of carbonyl (C=O) groups is 1. The van der Waals surface area contributed by atoms with Gasteiger partial charge in [0.15, 0.2) is 0 Å². The van der Waals surface area contributed by atoms with E-state index >= 15 is 0 Å². The first-order valence-electron chi connectivity index (χ1n) is 10.1. The average molecular weight is 377 g/mol. The van der Waals surface area contributed by atoms with Gasteiger partial charge in [0.25, 0.3) is 5.91 Å². The van der Waals surface area contributed by atoms with Crippen molar-refractivity contribution in [2.75, 3.05) is 13.1 Å². The van der Waals surface area contributed by atoms with Gasteiger partial charge in [0.05, 0.1) is 18.0 Å². The maximum atomic E-state index is 13.2. The van der Waals surface area contributed by atoms with Crippen molar-refractivity contribution in [3.05, 3.63) is 59.7 Å². The van der Waals surface area contributed by atoms with E-state index in [2.05, 4.69) is 34.4 Å². The molecule has 0 saturated carbocycles. The van der Waals surface area contributed by atoms with Crippen LogP contribution in [0, 0.1) is 6.92 Å². The van der Waals surface area contributed by atoms with Gasteiger partial charge in [-0.2, -0.15) is 10.2 Å². The van der Waals surface area contributed by atoms with Gasteiger partial charge in [0, 0.05) is 42.5 Å². The number of piperidine rings is 1. The van der Waals surface area contributed by atoms with Gasteiger partial charge in [-0.3, -0.25) is 14.6 Å². The van der Waals surface area contributed by atoms with Crippen molar-refractivity contribution in [3.8, 4) is 11.1 Å².